The van der Waals surface area contributed by atoms with Crippen LogP contribution in [0, 0.1) is 5.92 Å². The van der Waals surface area contributed by atoms with Gasteiger partial charge in [-0.3, -0.25) is 4.79 Å². The Hall–Kier alpha value is -1.75. The molecule has 0 radical (unpaired) electrons. The molecule has 1 aliphatic rings. The molecular weight excluding hydrogens is 364 g/mol. The van der Waals surface area contributed by atoms with Gasteiger partial charge in [-0.2, -0.15) is 0 Å². The molecule has 0 atom stereocenters. The Bertz CT molecular complexity index is 649. The molecule has 1 aliphatic heterocycles. The van der Waals surface area contributed by atoms with Crippen LogP contribution in [0.25, 0.3) is 0 Å². The number of hydrogen-bond acceptors (Lipinski definition) is 3. The molecule has 1 aromatic rings. The number of carbonyl (C=O) groups excluding carboxylic acids is 2. The minimum Gasteiger partial charge on any atom is -0.444 e. The maximum Gasteiger partial charge on any atom is 0.410 e. The van der Waals surface area contributed by atoms with Crippen LogP contribution in [0.2, 0.25) is 5.02 Å². The van der Waals surface area contributed by atoms with Crippen LogP contribution in [-0.2, 0) is 16.0 Å². The van der Waals surface area contributed by atoms with Gasteiger partial charge in [-0.1, -0.05) is 23.7 Å². The highest BCUT2D eigenvalue weighted by Gasteiger charge is 2.26. The predicted molar refractivity (Wildman–Crippen MR) is 108 cm³/mol. The molecule has 2 amide bonds. The lowest BCUT2D eigenvalue weighted by Crippen LogP contribution is -2.43. The number of likely N-dealkylation sites (tertiary alicyclic amines) is 1. The summed E-state index contributed by atoms with van der Waals surface area (Å²) in [6, 6.07) is 7.66. The number of halogens is 1. The van der Waals surface area contributed by atoms with Crippen molar-refractivity contribution < 1.29 is 14.3 Å². The molecule has 0 aliphatic carbocycles. The third-order valence-corrected chi connectivity index (χ3v) is 4.96. The maximum absolute atomic E-state index is 12.5. The molecule has 0 aromatic heterocycles. The van der Waals surface area contributed by atoms with Gasteiger partial charge < -0.3 is 14.5 Å². The van der Waals surface area contributed by atoms with E-state index >= 15 is 0 Å². The van der Waals surface area contributed by atoms with Gasteiger partial charge in [0.15, 0.2) is 0 Å². The minimum atomic E-state index is -0.482. The molecular formula is C21H31ClN2O3. The zero-order chi connectivity index (χ0) is 20.0. The largest absolute Gasteiger partial charge is 0.444 e. The van der Waals surface area contributed by atoms with Crippen LogP contribution in [0.4, 0.5) is 4.79 Å². The van der Waals surface area contributed by atoms with Gasteiger partial charge in [0.1, 0.15) is 5.60 Å². The zero-order valence-electron chi connectivity index (χ0n) is 16.8. The monoisotopic (exact) mass is 394 g/mol. The number of nitrogens with zero attached hydrogens (tertiary/aromatic N) is 2. The Morgan fingerprint density at radius 2 is 1.93 bits per heavy atom. The molecule has 6 heteroatoms. The van der Waals surface area contributed by atoms with Crippen molar-refractivity contribution in [1.82, 2.24) is 9.80 Å². The van der Waals surface area contributed by atoms with Gasteiger partial charge in [0.2, 0.25) is 5.91 Å². The summed E-state index contributed by atoms with van der Waals surface area (Å²) in [6.45, 7) is 7.77. The summed E-state index contributed by atoms with van der Waals surface area (Å²) in [7, 11) is 1.77. The molecule has 0 bridgehead atoms. The predicted octanol–water partition coefficient (Wildman–Crippen LogP) is 4.38. The molecule has 0 saturated carbocycles. The van der Waals surface area contributed by atoms with Crippen molar-refractivity contribution in [1.29, 1.82) is 0 Å². The number of amides is 2. The fourth-order valence-electron chi connectivity index (χ4n) is 3.27. The van der Waals surface area contributed by atoms with Crippen molar-refractivity contribution in [3.63, 3.8) is 0 Å². The molecule has 1 saturated heterocycles. The number of benzene rings is 1. The standard InChI is InChI=1S/C21H31ClN2O3/c1-21(2,3)27-20(26)23(4)15-17-10-12-24(13-11-17)19(25)9-8-16-6-5-7-18(22)14-16/h5-7,14,17H,8-13,15H2,1-4H3. The molecule has 5 nitrogen and oxygen atoms in total. The fraction of sp³-hybridized carbons (Fsp3) is 0.619. The molecule has 1 heterocycles. The normalized spacial score (nSPS) is 15.5. The molecule has 0 unspecified atom stereocenters. The lowest BCUT2D eigenvalue weighted by molar-refractivity contribution is -0.132. The van der Waals surface area contributed by atoms with Crippen LogP contribution in [-0.4, -0.2) is 54.1 Å². The third kappa shape index (κ3) is 7.41. The van der Waals surface area contributed by atoms with Crippen LogP contribution in [0.1, 0.15) is 45.6 Å². The van der Waals surface area contributed by atoms with Crippen molar-refractivity contribution in [2.24, 2.45) is 5.92 Å². The Labute approximate surface area is 167 Å². The maximum atomic E-state index is 12.5. The summed E-state index contributed by atoms with van der Waals surface area (Å²) in [5, 5.41) is 0.704. The van der Waals surface area contributed by atoms with Crippen LogP contribution in [0.15, 0.2) is 24.3 Å². The van der Waals surface area contributed by atoms with Gasteiger partial charge in [-0.25, -0.2) is 4.79 Å². The van der Waals surface area contributed by atoms with E-state index in [1.54, 1.807) is 11.9 Å². The van der Waals surface area contributed by atoms with Crippen LogP contribution in [0.5, 0.6) is 0 Å². The average molecular weight is 395 g/mol. The Kier molecular flexibility index (Phi) is 7.54. The number of carbonyl (C=O) groups is 2. The minimum absolute atomic E-state index is 0.189. The Balaban J connectivity index is 1.72. The number of piperidine rings is 1. The average Bonchev–Trinajstić information content (AvgIpc) is 2.59. The number of hydrogen-bond donors (Lipinski definition) is 0. The van der Waals surface area contributed by atoms with E-state index in [1.165, 1.54) is 0 Å². The summed E-state index contributed by atoms with van der Waals surface area (Å²) in [4.78, 5) is 28.1. The molecule has 0 spiro atoms. The third-order valence-electron chi connectivity index (χ3n) is 4.72. The van der Waals surface area contributed by atoms with Crippen molar-refractivity contribution in [2.45, 2.75) is 52.1 Å². The van der Waals surface area contributed by atoms with Crippen LogP contribution < -0.4 is 0 Å². The number of aryl methyl sites for hydroxylation is 1. The smallest absolute Gasteiger partial charge is 0.410 e. The van der Waals surface area contributed by atoms with E-state index in [-0.39, 0.29) is 12.0 Å². The summed E-state index contributed by atoms with van der Waals surface area (Å²) in [5.74, 6) is 0.591. The van der Waals surface area contributed by atoms with Gasteiger partial charge in [-0.15, -0.1) is 0 Å². The molecule has 1 fully saturated rings. The van der Waals surface area contributed by atoms with E-state index in [2.05, 4.69) is 0 Å². The van der Waals surface area contributed by atoms with Crippen molar-refractivity contribution in [2.75, 3.05) is 26.7 Å². The first-order chi connectivity index (χ1) is 12.6. The number of ether oxygens (including phenoxy) is 1. The molecule has 1 aromatic carbocycles. The lowest BCUT2D eigenvalue weighted by Gasteiger charge is -2.34. The zero-order valence-corrected chi connectivity index (χ0v) is 17.6. The SMILES string of the molecule is CN(CC1CCN(C(=O)CCc2cccc(Cl)c2)CC1)C(=O)OC(C)(C)C. The van der Waals surface area contributed by atoms with Gasteiger partial charge >= 0.3 is 6.09 Å². The first-order valence-corrected chi connectivity index (χ1v) is 9.98. The number of rotatable bonds is 5. The fourth-order valence-corrected chi connectivity index (χ4v) is 3.48. The van der Waals surface area contributed by atoms with Gasteiger partial charge in [-0.05, 0) is 63.6 Å². The first-order valence-electron chi connectivity index (χ1n) is 9.60. The molecule has 0 N–H and O–H groups in total. The van der Waals surface area contributed by atoms with E-state index in [4.69, 9.17) is 16.3 Å². The van der Waals surface area contributed by atoms with E-state index in [0.29, 0.717) is 30.3 Å². The molecule has 2 rings (SSSR count). The van der Waals surface area contributed by atoms with Crippen molar-refractivity contribution in [3.8, 4) is 0 Å². The van der Waals surface area contributed by atoms with E-state index in [1.807, 2.05) is 49.9 Å². The second-order valence-electron chi connectivity index (χ2n) is 8.31. The van der Waals surface area contributed by atoms with Crippen molar-refractivity contribution >= 4 is 23.6 Å². The highest BCUT2D eigenvalue weighted by Crippen LogP contribution is 2.20. The van der Waals surface area contributed by atoms with Gasteiger partial charge in [0.25, 0.3) is 0 Å². The summed E-state index contributed by atoms with van der Waals surface area (Å²) < 4.78 is 5.40. The van der Waals surface area contributed by atoms with E-state index in [0.717, 1.165) is 31.5 Å². The lowest BCUT2D eigenvalue weighted by atomic mass is 9.96. The topological polar surface area (TPSA) is 49.9 Å². The molecule has 150 valence electrons. The van der Waals surface area contributed by atoms with Crippen LogP contribution in [0.3, 0.4) is 0 Å². The quantitative estimate of drug-likeness (QED) is 0.744. The van der Waals surface area contributed by atoms with Crippen LogP contribution >= 0.6 is 11.6 Å². The Morgan fingerprint density at radius 3 is 2.52 bits per heavy atom. The van der Waals surface area contributed by atoms with Gasteiger partial charge in [0, 0.05) is 38.1 Å². The molecule has 27 heavy (non-hydrogen) atoms. The summed E-state index contributed by atoms with van der Waals surface area (Å²) in [6.07, 6.45) is 2.75. The Morgan fingerprint density at radius 1 is 1.26 bits per heavy atom. The second-order valence-corrected chi connectivity index (χ2v) is 8.75. The second kappa shape index (κ2) is 9.45. The summed E-state index contributed by atoms with van der Waals surface area (Å²) in [5.41, 5.74) is 0.606. The highest BCUT2D eigenvalue weighted by molar-refractivity contribution is 6.30. The first kappa shape index (κ1) is 21.5. The van der Waals surface area contributed by atoms with Crippen molar-refractivity contribution in [3.05, 3.63) is 34.9 Å². The highest BCUT2D eigenvalue weighted by atomic mass is 35.5. The summed E-state index contributed by atoms with van der Waals surface area (Å²) >= 11 is 5.99. The van der Waals surface area contributed by atoms with Gasteiger partial charge in [0.05, 0.1) is 0 Å². The van der Waals surface area contributed by atoms with E-state index in [9.17, 15) is 9.59 Å². The van der Waals surface area contributed by atoms with E-state index < -0.39 is 5.60 Å².